The molecule has 1 atom stereocenters. The molecular formula is C19H22N4O. The van der Waals surface area contributed by atoms with Crippen LogP contribution in [0.2, 0.25) is 0 Å². The first-order valence-electron chi connectivity index (χ1n) is 8.11. The zero-order valence-corrected chi connectivity index (χ0v) is 14.5. The molecule has 3 aromatic rings. The lowest BCUT2D eigenvalue weighted by Gasteiger charge is -2.17. The summed E-state index contributed by atoms with van der Waals surface area (Å²) in [5.41, 5.74) is 4.77. The van der Waals surface area contributed by atoms with Gasteiger partial charge in [-0.2, -0.15) is 4.98 Å². The highest BCUT2D eigenvalue weighted by Gasteiger charge is 2.15. The van der Waals surface area contributed by atoms with E-state index in [9.17, 15) is 0 Å². The molecule has 5 heteroatoms. The van der Waals surface area contributed by atoms with Crippen LogP contribution in [0.4, 0.5) is 5.82 Å². The van der Waals surface area contributed by atoms with Gasteiger partial charge in [-0.1, -0.05) is 28.9 Å². The highest BCUT2D eigenvalue weighted by molar-refractivity contribution is 5.68. The van der Waals surface area contributed by atoms with Crippen molar-refractivity contribution in [2.45, 2.75) is 40.2 Å². The van der Waals surface area contributed by atoms with Crippen molar-refractivity contribution in [2.75, 3.05) is 5.32 Å². The minimum absolute atomic E-state index is 0.226. The van der Waals surface area contributed by atoms with Crippen molar-refractivity contribution < 1.29 is 4.52 Å². The summed E-state index contributed by atoms with van der Waals surface area (Å²) in [7, 11) is 0. The van der Waals surface area contributed by atoms with Crippen molar-refractivity contribution in [3.05, 3.63) is 59.0 Å². The van der Waals surface area contributed by atoms with Gasteiger partial charge in [-0.15, -0.1) is 0 Å². The molecule has 1 N–H and O–H groups in total. The maximum atomic E-state index is 5.28. The third-order valence-corrected chi connectivity index (χ3v) is 3.97. The molecular weight excluding hydrogens is 300 g/mol. The number of aromatic nitrogens is 3. The Morgan fingerprint density at radius 2 is 2.00 bits per heavy atom. The molecule has 1 aromatic carbocycles. The van der Waals surface area contributed by atoms with Crippen LogP contribution in [0.5, 0.6) is 0 Å². The third kappa shape index (κ3) is 3.62. The van der Waals surface area contributed by atoms with E-state index < -0.39 is 0 Å². The summed E-state index contributed by atoms with van der Waals surface area (Å²) in [6.45, 7) is 8.23. The van der Waals surface area contributed by atoms with E-state index in [1.807, 2.05) is 12.1 Å². The molecule has 2 aromatic heterocycles. The second kappa shape index (κ2) is 6.83. The standard InChI is InChI=1S/C19H22N4O/c1-12-7-8-16(13(2)10-12)11-14(3)21-18-17(6-5-9-20-18)19-22-15(4)23-24-19/h5-10,14H,11H2,1-4H3,(H,20,21). The van der Waals surface area contributed by atoms with Gasteiger partial charge in [0.15, 0.2) is 5.82 Å². The lowest BCUT2D eigenvalue weighted by Crippen LogP contribution is -2.20. The molecule has 2 heterocycles. The fraction of sp³-hybridized carbons (Fsp3) is 0.316. The molecule has 0 saturated carbocycles. The van der Waals surface area contributed by atoms with Crippen LogP contribution >= 0.6 is 0 Å². The average Bonchev–Trinajstić information content (AvgIpc) is 2.97. The molecule has 124 valence electrons. The van der Waals surface area contributed by atoms with E-state index >= 15 is 0 Å². The van der Waals surface area contributed by atoms with Gasteiger partial charge >= 0.3 is 0 Å². The molecule has 0 radical (unpaired) electrons. The maximum absolute atomic E-state index is 5.28. The Hall–Kier alpha value is -2.69. The highest BCUT2D eigenvalue weighted by Crippen LogP contribution is 2.25. The van der Waals surface area contributed by atoms with Crippen LogP contribution in [-0.4, -0.2) is 21.2 Å². The molecule has 24 heavy (non-hydrogen) atoms. The summed E-state index contributed by atoms with van der Waals surface area (Å²) >= 11 is 0. The monoisotopic (exact) mass is 322 g/mol. The SMILES string of the molecule is Cc1ccc(CC(C)Nc2ncccc2-c2nc(C)no2)c(C)c1. The molecule has 5 nitrogen and oxygen atoms in total. The van der Waals surface area contributed by atoms with E-state index in [1.165, 1.54) is 16.7 Å². The highest BCUT2D eigenvalue weighted by atomic mass is 16.5. The average molecular weight is 322 g/mol. The molecule has 0 spiro atoms. The van der Waals surface area contributed by atoms with Crippen molar-refractivity contribution >= 4 is 5.82 Å². The smallest absolute Gasteiger partial charge is 0.261 e. The summed E-state index contributed by atoms with van der Waals surface area (Å²) in [6.07, 6.45) is 2.68. The van der Waals surface area contributed by atoms with Gasteiger partial charge in [0, 0.05) is 12.2 Å². The summed E-state index contributed by atoms with van der Waals surface area (Å²) in [5.74, 6) is 1.86. The fourth-order valence-electron chi connectivity index (χ4n) is 2.79. The van der Waals surface area contributed by atoms with Crippen LogP contribution in [0.3, 0.4) is 0 Å². The van der Waals surface area contributed by atoms with E-state index in [-0.39, 0.29) is 6.04 Å². The Balaban J connectivity index is 1.78. The number of nitrogens with zero attached hydrogens (tertiary/aromatic N) is 3. The molecule has 0 fully saturated rings. The van der Waals surface area contributed by atoms with Gasteiger partial charge in [0.25, 0.3) is 5.89 Å². The van der Waals surface area contributed by atoms with Crippen LogP contribution in [0, 0.1) is 20.8 Å². The Morgan fingerprint density at radius 3 is 2.71 bits per heavy atom. The lowest BCUT2D eigenvalue weighted by molar-refractivity contribution is 0.425. The largest absolute Gasteiger partial charge is 0.367 e. The van der Waals surface area contributed by atoms with E-state index in [0.29, 0.717) is 11.7 Å². The summed E-state index contributed by atoms with van der Waals surface area (Å²) in [4.78, 5) is 8.74. The molecule has 1 unspecified atom stereocenters. The predicted octanol–water partition coefficient (Wildman–Crippen LogP) is 4.10. The van der Waals surface area contributed by atoms with E-state index in [0.717, 1.165) is 17.8 Å². The number of anilines is 1. The number of benzene rings is 1. The topological polar surface area (TPSA) is 63.8 Å². The number of rotatable bonds is 5. The second-order valence-corrected chi connectivity index (χ2v) is 6.23. The fourth-order valence-corrected chi connectivity index (χ4v) is 2.79. The number of nitrogens with one attached hydrogen (secondary N) is 1. The zero-order chi connectivity index (χ0) is 17.1. The van der Waals surface area contributed by atoms with E-state index in [2.05, 4.69) is 59.4 Å². The molecule has 0 amide bonds. The summed E-state index contributed by atoms with van der Waals surface area (Å²) in [5, 5.41) is 7.33. The van der Waals surface area contributed by atoms with Crippen molar-refractivity contribution in [3.8, 4) is 11.5 Å². The van der Waals surface area contributed by atoms with Gasteiger partial charge < -0.3 is 9.84 Å². The van der Waals surface area contributed by atoms with Gasteiger partial charge in [-0.3, -0.25) is 0 Å². The summed E-state index contributed by atoms with van der Waals surface area (Å²) < 4.78 is 5.28. The van der Waals surface area contributed by atoms with Crippen molar-refractivity contribution in [3.63, 3.8) is 0 Å². The molecule has 0 aliphatic rings. The lowest BCUT2D eigenvalue weighted by atomic mass is 10.00. The van der Waals surface area contributed by atoms with Gasteiger partial charge in [-0.05, 0) is 57.4 Å². The number of pyridine rings is 1. The van der Waals surface area contributed by atoms with E-state index in [1.54, 1.807) is 13.1 Å². The van der Waals surface area contributed by atoms with Crippen LogP contribution < -0.4 is 5.32 Å². The molecule has 0 saturated heterocycles. The number of hydrogen-bond acceptors (Lipinski definition) is 5. The maximum Gasteiger partial charge on any atom is 0.261 e. The van der Waals surface area contributed by atoms with Crippen LogP contribution in [0.1, 0.15) is 29.4 Å². The predicted molar refractivity (Wildman–Crippen MR) is 95.0 cm³/mol. The zero-order valence-electron chi connectivity index (χ0n) is 14.5. The van der Waals surface area contributed by atoms with Gasteiger partial charge in [-0.25, -0.2) is 4.98 Å². The van der Waals surface area contributed by atoms with Crippen molar-refractivity contribution in [1.82, 2.24) is 15.1 Å². The first-order chi connectivity index (χ1) is 11.5. The normalized spacial score (nSPS) is 12.2. The Bertz CT molecular complexity index is 841. The first-order valence-corrected chi connectivity index (χ1v) is 8.11. The van der Waals surface area contributed by atoms with Crippen molar-refractivity contribution in [1.29, 1.82) is 0 Å². The molecule has 3 rings (SSSR count). The molecule has 0 bridgehead atoms. The molecule has 0 aliphatic carbocycles. The first kappa shape index (κ1) is 16.2. The van der Waals surface area contributed by atoms with Gasteiger partial charge in [0.2, 0.25) is 0 Å². The van der Waals surface area contributed by atoms with Gasteiger partial charge in [0.1, 0.15) is 5.82 Å². The Kier molecular flexibility index (Phi) is 4.60. The van der Waals surface area contributed by atoms with Crippen LogP contribution in [0.25, 0.3) is 11.5 Å². The Morgan fingerprint density at radius 1 is 1.17 bits per heavy atom. The van der Waals surface area contributed by atoms with Crippen LogP contribution in [-0.2, 0) is 6.42 Å². The van der Waals surface area contributed by atoms with Gasteiger partial charge in [0.05, 0.1) is 5.56 Å². The summed E-state index contributed by atoms with van der Waals surface area (Å²) in [6, 6.07) is 10.6. The number of aryl methyl sites for hydroxylation is 3. The van der Waals surface area contributed by atoms with E-state index in [4.69, 9.17) is 4.52 Å². The quantitative estimate of drug-likeness (QED) is 0.766. The third-order valence-electron chi connectivity index (χ3n) is 3.97. The van der Waals surface area contributed by atoms with Crippen LogP contribution in [0.15, 0.2) is 41.1 Å². The number of hydrogen-bond donors (Lipinski definition) is 1. The minimum Gasteiger partial charge on any atom is -0.367 e. The minimum atomic E-state index is 0.226. The second-order valence-electron chi connectivity index (χ2n) is 6.23. The molecule has 0 aliphatic heterocycles. The Labute approximate surface area is 142 Å². The van der Waals surface area contributed by atoms with Crippen molar-refractivity contribution in [2.24, 2.45) is 0 Å².